The maximum Gasteiger partial charge on any atom is 0.170 e. The Morgan fingerprint density at radius 1 is 1.39 bits per heavy atom. The maximum absolute atomic E-state index is 11.1. The predicted molar refractivity (Wildman–Crippen MR) is 70.4 cm³/mol. The summed E-state index contributed by atoms with van der Waals surface area (Å²) in [4.78, 5) is 15.6. The molecule has 0 amide bonds. The molecule has 3 heterocycles. The van der Waals surface area contributed by atoms with Crippen LogP contribution in [0.15, 0.2) is 18.3 Å². The quantitative estimate of drug-likeness (QED) is 0.846. The van der Waals surface area contributed by atoms with Crippen molar-refractivity contribution >= 4 is 23.4 Å². The van der Waals surface area contributed by atoms with E-state index in [1.165, 1.54) is 0 Å². The van der Waals surface area contributed by atoms with E-state index < -0.39 is 0 Å². The molecule has 1 fully saturated rings. The van der Waals surface area contributed by atoms with Gasteiger partial charge in [0.15, 0.2) is 6.29 Å². The van der Waals surface area contributed by atoms with Crippen LogP contribution in [-0.4, -0.2) is 28.8 Å². The summed E-state index contributed by atoms with van der Waals surface area (Å²) >= 11 is 6.03. The lowest BCUT2D eigenvalue weighted by molar-refractivity contribution is 0.112. The molecular formula is C13H14ClN3O. The molecule has 0 radical (unpaired) electrons. The smallest absolute Gasteiger partial charge is 0.170 e. The maximum atomic E-state index is 11.1. The number of nitrogens with zero attached hydrogens (tertiary/aromatic N) is 2. The van der Waals surface area contributed by atoms with E-state index >= 15 is 0 Å². The third-order valence-corrected chi connectivity index (χ3v) is 3.70. The number of aldehydes is 1. The normalized spacial score (nSPS) is 17.2. The molecule has 0 aromatic carbocycles. The molecule has 0 atom stereocenters. The molecule has 3 rings (SSSR count). The molecule has 0 spiro atoms. The van der Waals surface area contributed by atoms with Gasteiger partial charge < -0.3 is 9.72 Å². The molecular weight excluding hydrogens is 250 g/mol. The second-order valence-corrected chi connectivity index (χ2v) is 5.04. The Morgan fingerprint density at radius 2 is 2.17 bits per heavy atom. The number of nitrogens with one attached hydrogen (secondary N) is 1. The Morgan fingerprint density at radius 3 is 2.89 bits per heavy atom. The molecule has 0 unspecified atom stereocenters. The Balaban J connectivity index is 2.15. The minimum atomic E-state index is 0.394. The van der Waals surface area contributed by atoms with Gasteiger partial charge in [-0.25, -0.2) is 4.98 Å². The number of pyridine rings is 1. The number of rotatable bonds is 2. The van der Waals surface area contributed by atoms with E-state index in [0.717, 1.165) is 43.6 Å². The predicted octanol–water partition coefficient (Wildman–Crippen LogP) is 2.27. The van der Waals surface area contributed by atoms with Gasteiger partial charge in [0.1, 0.15) is 11.5 Å². The largest absolute Gasteiger partial charge is 0.317 e. The van der Waals surface area contributed by atoms with Crippen LogP contribution in [0.3, 0.4) is 0 Å². The van der Waals surface area contributed by atoms with Crippen molar-refractivity contribution in [3.8, 4) is 0 Å². The van der Waals surface area contributed by atoms with Crippen LogP contribution < -0.4 is 5.32 Å². The Labute approximate surface area is 110 Å². The van der Waals surface area contributed by atoms with Gasteiger partial charge in [-0.1, -0.05) is 11.6 Å². The molecule has 4 nitrogen and oxygen atoms in total. The lowest BCUT2D eigenvalue weighted by Gasteiger charge is -2.21. The van der Waals surface area contributed by atoms with E-state index in [9.17, 15) is 4.79 Å². The lowest BCUT2D eigenvalue weighted by Crippen LogP contribution is -2.27. The molecule has 0 bridgehead atoms. The highest BCUT2D eigenvalue weighted by atomic mass is 35.5. The SMILES string of the molecule is O=Cc1nc(C2CCNCC2)n2cc(Cl)ccc12. The summed E-state index contributed by atoms with van der Waals surface area (Å²) in [6.07, 6.45) is 4.75. The summed E-state index contributed by atoms with van der Waals surface area (Å²) in [5, 5.41) is 3.99. The van der Waals surface area contributed by atoms with Gasteiger partial charge in [-0.15, -0.1) is 0 Å². The van der Waals surface area contributed by atoms with Crippen LogP contribution in [-0.2, 0) is 0 Å². The van der Waals surface area contributed by atoms with Gasteiger partial charge >= 0.3 is 0 Å². The number of fused-ring (bicyclic) bond motifs is 1. The topological polar surface area (TPSA) is 46.4 Å². The minimum absolute atomic E-state index is 0.394. The highest BCUT2D eigenvalue weighted by molar-refractivity contribution is 6.30. The van der Waals surface area contributed by atoms with Gasteiger partial charge in [0.2, 0.25) is 0 Å². The van der Waals surface area contributed by atoms with Gasteiger partial charge in [0, 0.05) is 12.1 Å². The molecule has 1 aliphatic rings. The molecule has 1 saturated heterocycles. The van der Waals surface area contributed by atoms with Crippen molar-refractivity contribution in [2.45, 2.75) is 18.8 Å². The summed E-state index contributed by atoms with van der Waals surface area (Å²) in [6.45, 7) is 1.99. The highest BCUT2D eigenvalue weighted by Crippen LogP contribution is 2.27. The van der Waals surface area contributed by atoms with Gasteiger partial charge in [-0.3, -0.25) is 4.79 Å². The van der Waals surface area contributed by atoms with Crippen molar-refractivity contribution in [2.24, 2.45) is 0 Å². The first-order valence-corrected chi connectivity index (χ1v) is 6.51. The van der Waals surface area contributed by atoms with E-state index in [0.29, 0.717) is 16.6 Å². The number of hydrogen-bond acceptors (Lipinski definition) is 3. The van der Waals surface area contributed by atoms with Crippen LogP contribution in [0.1, 0.15) is 35.1 Å². The fourth-order valence-corrected chi connectivity index (χ4v) is 2.72. The van der Waals surface area contributed by atoms with Crippen molar-refractivity contribution in [1.82, 2.24) is 14.7 Å². The van der Waals surface area contributed by atoms with E-state index in [4.69, 9.17) is 11.6 Å². The fourth-order valence-electron chi connectivity index (χ4n) is 2.56. The molecule has 2 aromatic rings. The number of piperidine rings is 1. The zero-order chi connectivity index (χ0) is 12.5. The number of carbonyl (C=O) groups excluding carboxylic acids is 1. The number of hydrogen-bond donors (Lipinski definition) is 1. The molecule has 18 heavy (non-hydrogen) atoms. The van der Waals surface area contributed by atoms with Crippen LogP contribution in [0.4, 0.5) is 0 Å². The van der Waals surface area contributed by atoms with Crippen LogP contribution in [0.5, 0.6) is 0 Å². The first kappa shape index (κ1) is 11.7. The average molecular weight is 264 g/mol. The molecule has 5 heteroatoms. The van der Waals surface area contributed by atoms with Gasteiger partial charge in [0.05, 0.1) is 10.5 Å². The highest BCUT2D eigenvalue weighted by Gasteiger charge is 2.21. The van der Waals surface area contributed by atoms with E-state index in [1.807, 2.05) is 16.7 Å². The second-order valence-electron chi connectivity index (χ2n) is 4.60. The summed E-state index contributed by atoms with van der Waals surface area (Å²) < 4.78 is 1.96. The zero-order valence-electron chi connectivity index (χ0n) is 9.90. The van der Waals surface area contributed by atoms with Crippen molar-refractivity contribution in [2.75, 3.05) is 13.1 Å². The monoisotopic (exact) mass is 263 g/mol. The Kier molecular flexibility index (Phi) is 3.06. The molecule has 94 valence electrons. The number of aromatic nitrogens is 2. The fraction of sp³-hybridized carbons (Fsp3) is 0.385. The number of carbonyl (C=O) groups is 1. The molecule has 1 N–H and O–H groups in total. The zero-order valence-corrected chi connectivity index (χ0v) is 10.7. The summed E-state index contributed by atoms with van der Waals surface area (Å²) in [5.74, 6) is 1.35. The van der Waals surface area contributed by atoms with Gasteiger partial charge in [-0.05, 0) is 38.1 Å². The van der Waals surface area contributed by atoms with Crippen molar-refractivity contribution in [3.63, 3.8) is 0 Å². The van der Waals surface area contributed by atoms with E-state index in [2.05, 4.69) is 10.3 Å². The summed E-state index contributed by atoms with van der Waals surface area (Å²) in [5.41, 5.74) is 1.34. The number of imidazole rings is 1. The van der Waals surface area contributed by atoms with Crippen LogP contribution >= 0.6 is 11.6 Å². The Bertz CT molecular complexity index is 587. The Hall–Kier alpha value is -1.39. The second kappa shape index (κ2) is 4.71. The van der Waals surface area contributed by atoms with Crippen molar-refractivity contribution in [3.05, 3.63) is 34.9 Å². The van der Waals surface area contributed by atoms with E-state index in [1.54, 1.807) is 6.07 Å². The average Bonchev–Trinajstić information content (AvgIpc) is 2.77. The summed E-state index contributed by atoms with van der Waals surface area (Å²) in [7, 11) is 0. The first-order valence-electron chi connectivity index (χ1n) is 6.13. The first-order chi connectivity index (χ1) is 8.79. The minimum Gasteiger partial charge on any atom is -0.317 e. The van der Waals surface area contributed by atoms with Crippen molar-refractivity contribution in [1.29, 1.82) is 0 Å². The van der Waals surface area contributed by atoms with E-state index in [-0.39, 0.29) is 0 Å². The van der Waals surface area contributed by atoms with Gasteiger partial charge in [0.25, 0.3) is 0 Å². The lowest BCUT2D eigenvalue weighted by atomic mass is 9.97. The standard InChI is InChI=1S/C13H14ClN3O/c14-10-1-2-12-11(8-18)16-13(17(12)7-10)9-3-5-15-6-4-9/h1-2,7-9,15H,3-6H2. The van der Waals surface area contributed by atoms with Gasteiger partial charge in [-0.2, -0.15) is 0 Å². The van der Waals surface area contributed by atoms with Crippen molar-refractivity contribution < 1.29 is 4.79 Å². The third kappa shape index (κ3) is 1.91. The molecule has 0 saturated carbocycles. The van der Waals surface area contributed by atoms with Crippen LogP contribution in [0.2, 0.25) is 5.02 Å². The third-order valence-electron chi connectivity index (χ3n) is 3.47. The number of halogens is 1. The molecule has 2 aromatic heterocycles. The summed E-state index contributed by atoms with van der Waals surface area (Å²) in [6, 6.07) is 3.64. The molecule has 0 aliphatic carbocycles. The van der Waals surface area contributed by atoms with Crippen LogP contribution in [0.25, 0.3) is 5.52 Å². The van der Waals surface area contributed by atoms with Crippen LogP contribution in [0, 0.1) is 0 Å². The molecule has 1 aliphatic heterocycles.